The summed E-state index contributed by atoms with van der Waals surface area (Å²) in [6.07, 6.45) is 4.70. The van der Waals surface area contributed by atoms with Crippen LogP contribution in [0.25, 0.3) is 0 Å². The highest BCUT2D eigenvalue weighted by molar-refractivity contribution is 5.96. The van der Waals surface area contributed by atoms with Crippen LogP contribution in [0.4, 0.5) is 5.69 Å². The first kappa shape index (κ1) is 18.1. The van der Waals surface area contributed by atoms with Crippen molar-refractivity contribution in [1.29, 1.82) is 0 Å². The second-order valence-corrected chi connectivity index (χ2v) is 7.20. The van der Waals surface area contributed by atoms with Crippen molar-refractivity contribution in [2.75, 3.05) is 38.3 Å². The SMILES string of the molecule is COCCc1noc([C@@H]2CCCCN2CC(=O)N2CCc3ccccc32)n1. The molecule has 7 nitrogen and oxygen atoms in total. The molecule has 3 heterocycles. The maximum Gasteiger partial charge on any atom is 0.244 e. The highest BCUT2D eigenvalue weighted by Crippen LogP contribution is 2.31. The van der Waals surface area contributed by atoms with Gasteiger partial charge in [0.1, 0.15) is 0 Å². The lowest BCUT2D eigenvalue weighted by atomic mass is 10.0. The summed E-state index contributed by atoms with van der Waals surface area (Å²) < 4.78 is 10.6. The minimum absolute atomic E-state index is 0.0179. The van der Waals surface area contributed by atoms with Crippen molar-refractivity contribution >= 4 is 11.6 Å². The Morgan fingerprint density at radius 1 is 1.30 bits per heavy atom. The van der Waals surface area contributed by atoms with Gasteiger partial charge in [0.05, 0.1) is 19.2 Å². The molecule has 0 bridgehead atoms. The smallest absolute Gasteiger partial charge is 0.244 e. The van der Waals surface area contributed by atoms with Gasteiger partial charge in [0.15, 0.2) is 5.82 Å². The number of piperidine rings is 1. The minimum atomic E-state index is 0.0179. The Balaban J connectivity index is 1.45. The fraction of sp³-hybridized carbons (Fsp3) is 0.550. The Bertz CT molecular complexity index is 791. The predicted molar refractivity (Wildman–Crippen MR) is 101 cm³/mol. The lowest BCUT2D eigenvalue weighted by molar-refractivity contribution is -0.120. The summed E-state index contributed by atoms with van der Waals surface area (Å²) in [6, 6.07) is 8.18. The monoisotopic (exact) mass is 370 g/mol. The van der Waals surface area contributed by atoms with Crippen molar-refractivity contribution in [3.63, 3.8) is 0 Å². The molecule has 2 aromatic rings. The number of nitrogens with zero attached hydrogens (tertiary/aromatic N) is 4. The standard InChI is InChI=1S/C20H26N4O3/c1-26-13-10-18-21-20(27-22-18)17-8-4-5-11-23(17)14-19(25)24-12-9-15-6-2-3-7-16(15)24/h2-3,6-7,17H,4-5,8-14H2,1H3/t17-/m0/s1. The van der Waals surface area contributed by atoms with E-state index in [4.69, 9.17) is 9.26 Å². The average molecular weight is 370 g/mol. The van der Waals surface area contributed by atoms with Crippen LogP contribution in [0.1, 0.15) is 42.6 Å². The third-order valence-electron chi connectivity index (χ3n) is 5.44. The van der Waals surface area contributed by atoms with E-state index in [-0.39, 0.29) is 11.9 Å². The molecule has 0 spiro atoms. The Labute approximate surface area is 159 Å². The fourth-order valence-corrected chi connectivity index (χ4v) is 4.01. The summed E-state index contributed by atoms with van der Waals surface area (Å²) in [5.74, 6) is 1.43. The van der Waals surface area contributed by atoms with Crippen molar-refractivity contribution in [3.8, 4) is 0 Å². The molecule has 1 atom stereocenters. The first-order valence-electron chi connectivity index (χ1n) is 9.70. The maximum atomic E-state index is 13.0. The van der Waals surface area contributed by atoms with E-state index in [1.54, 1.807) is 7.11 Å². The van der Waals surface area contributed by atoms with Crippen LogP contribution in [-0.4, -0.2) is 54.3 Å². The van der Waals surface area contributed by atoms with Gasteiger partial charge in [-0.1, -0.05) is 29.8 Å². The molecule has 1 fully saturated rings. The first-order chi connectivity index (χ1) is 13.3. The number of methoxy groups -OCH3 is 1. The Kier molecular flexibility index (Phi) is 5.50. The summed E-state index contributed by atoms with van der Waals surface area (Å²) in [6.45, 7) is 2.59. The number of likely N-dealkylation sites (tertiary alicyclic amines) is 1. The fourth-order valence-electron chi connectivity index (χ4n) is 4.01. The quantitative estimate of drug-likeness (QED) is 0.777. The zero-order valence-electron chi connectivity index (χ0n) is 15.8. The van der Waals surface area contributed by atoms with Gasteiger partial charge in [0, 0.05) is 25.8 Å². The molecule has 1 saturated heterocycles. The van der Waals surface area contributed by atoms with Gasteiger partial charge in [-0.3, -0.25) is 9.69 Å². The normalized spacial score (nSPS) is 20.0. The van der Waals surface area contributed by atoms with Crippen molar-refractivity contribution < 1.29 is 14.1 Å². The van der Waals surface area contributed by atoms with E-state index in [9.17, 15) is 4.79 Å². The number of anilines is 1. The molecule has 2 aliphatic rings. The molecule has 1 amide bonds. The number of hydrogen-bond donors (Lipinski definition) is 0. The number of benzene rings is 1. The zero-order valence-corrected chi connectivity index (χ0v) is 15.8. The Morgan fingerprint density at radius 3 is 3.07 bits per heavy atom. The van der Waals surface area contributed by atoms with Crippen molar-refractivity contribution in [3.05, 3.63) is 41.5 Å². The second-order valence-electron chi connectivity index (χ2n) is 7.20. The largest absolute Gasteiger partial charge is 0.384 e. The van der Waals surface area contributed by atoms with Crippen LogP contribution in [0.5, 0.6) is 0 Å². The van der Waals surface area contributed by atoms with Crippen LogP contribution in [-0.2, 0) is 22.4 Å². The first-order valence-corrected chi connectivity index (χ1v) is 9.70. The van der Waals surface area contributed by atoms with E-state index < -0.39 is 0 Å². The van der Waals surface area contributed by atoms with Crippen LogP contribution < -0.4 is 4.90 Å². The highest BCUT2D eigenvalue weighted by Gasteiger charge is 2.32. The molecule has 144 valence electrons. The highest BCUT2D eigenvalue weighted by atomic mass is 16.5. The van der Waals surface area contributed by atoms with Gasteiger partial charge in [-0.2, -0.15) is 4.98 Å². The van der Waals surface area contributed by atoms with E-state index in [2.05, 4.69) is 21.1 Å². The van der Waals surface area contributed by atoms with Crippen LogP contribution in [0, 0.1) is 0 Å². The van der Waals surface area contributed by atoms with E-state index in [1.165, 1.54) is 5.56 Å². The third-order valence-corrected chi connectivity index (χ3v) is 5.44. The Hall–Kier alpha value is -2.25. The molecule has 4 rings (SSSR count). The molecular weight excluding hydrogens is 344 g/mol. The van der Waals surface area contributed by atoms with Crippen molar-refractivity contribution in [2.45, 2.75) is 38.1 Å². The summed E-state index contributed by atoms with van der Waals surface area (Å²) in [4.78, 5) is 21.6. The molecule has 0 unspecified atom stereocenters. The molecule has 7 heteroatoms. The van der Waals surface area contributed by atoms with Gasteiger partial charge < -0.3 is 14.2 Å². The molecular formula is C20H26N4O3. The lowest BCUT2D eigenvalue weighted by Gasteiger charge is -2.33. The molecule has 0 aliphatic carbocycles. The zero-order chi connectivity index (χ0) is 18.6. The van der Waals surface area contributed by atoms with Crippen molar-refractivity contribution in [2.24, 2.45) is 0 Å². The number of carbonyl (C=O) groups is 1. The minimum Gasteiger partial charge on any atom is -0.384 e. The van der Waals surface area contributed by atoms with Crippen LogP contribution in [0.2, 0.25) is 0 Å². The van der Waals surface area contributed by atoms with Gasteiger partial charge >= 0.3 is 0 Å². The van der Waals surface area contributed by atoms with E-state index in [1.807, 2.05) is 23.1 Å². The topological polar surface area (TPSA) is 71.7 Å². The number of amides is 1. The summed E-state index contributed by atoms with van der Waals surface area (Å²) in [7, 11) is 1.66. The number of aromatic nitrogens is 2. The number of ether oxygens (including phenoxy) is 1. The third kappa shape index (κ3) is 3.89. The van der Waals surface area contributed by atoms with Gasteiger partial charge in [0.25, 0.3) is 0 Å². The maximum absolute atomic E-state index is 13.0. The van der Waals surface area contributed by atoms with Crippen LogP contribution in [0.3, 0.4) is 0 Å². The molecule has 27 heavy (non-hydrogen) atoms. The molecule has 0 radical (unpaired) electrons. The molecule has 0 N–H and O–H groups in total. The molecule has 1 aromatic heterocycles. The van der Waals surface area contributed by atoms with Crippen molar-refractivity contribution in [1.82, 2.24) is 15.0 Å². The van der Waals surface area contributed by atoms with E-state index in [0.717, 1.165) is 44.5 Å². The number of fused-ring (bicyclic) bond motifs is 1. The number of carbonyl (C=O) groups excluding carboxylic acids is 1. The summed E-state index contributed by atoms with van der Waals surface area (Å²) in [5, 5.41) is 4.06. The van der Waals surface area contributed by atoms with Gasteiger partial charge in [0.2, 0.25) is 11.8 Å². The number of hydrogen-bond acceptors (Lipinski definition) is 6. The molecule has 0 saturated carbocycles. The molecule has 2 aliphatic heterocycles. The predicted octanol–water partition coefficient (Wildman–Crippen LogP) is 2.37. The van der Waals surface area contributed by atoms with E-state index >= 15 is 0 Å². The van der Waals surface area contributed by atoms with E-state index in [0.29, 0.717) is 31.3 Å². The van der Waals surface area contributed by atoms with Gasteiger partial charge in [-0.25, -0.2) is 0 Å². The summed E-state index contributed by atoms with van der Waals surface area (Å²) >= 11 is 0. The van der Waals surface area contributed by atoms with Crippen LogP contribution in [0.15, 0.2) is 28.8 Å². The van der Waals surface area contributed by atoms with Gasteiger partial charge in [-0.15, -0.1) is 0 Å². The Morgan fingerprint density at radius 2 is 2.19 bits per heavy atom. The number of para-hydroxylation sites is 1. The second kappa shape index (κ2) is 8.19. The van der Waals surface area contributed by atoms with Crippen LogP contribution >= 0.6 is 0 Å². The lowest BCUT2D eigenvalue weighted by Crippen LogP contribution is -2.43. The average Bonchev–Trinajstić information content (AvgIpc) is 3.34. The molecule has 1 aromatic carbocycles. The number of rotatable bonds is 6. The summed E-state index contributed by atoms with van der Waals surface area (Å²) in [5.41, 5.74) is 2.30. The van der Waals surface area contributed by atoms with Gasteiger partial charge in [-0.05, 0) is 37.4 Å².